The summed E-state index contributed by atoms with van der Waals surface area (Å²) in [6.07, 6.45) is 0. The molecular weight excluding hydrogens is 500 g/mol. The number of hydrogen-bond acceptors (Lipinski definition) is 6. The van der Waals surface area contributed by atoms with Crippen molar-refractivity contribution in [2.75, 3.05) is 11.1 Å². The topological polar surface area (TPSA) is 89.3 Å². The predicted octanol–water partition coefficient (Wildman–Crippen LogP) is 7.02. The number of nitrogens with one attached hydrogen (secondary N) is 1. The van der Waals surface area contributed by atoms with E-state index in [2.05, 4.69) is 5.32 Å². The number of anilines is 3. The molecule has 0 saturated heterocycles. The fraction of sp³-hybridized carbons (Fsp3) is 0.148. The number of hydrogen-bond donors (Lipinski definition) is 2. The third-order valence-electron chi connectivity index (χ3n) is 5.77. The second-order valence-electron chi connectivity index (χ2n) is 8.55. The van der Waals surface area contributed by atoms with Crippen molar-refractivity contribution in [3.05, 3.63) is 98.4 Å². The van der Waals surface area contributed by atoms with E-state index in [0.717, 1.165) is 39.3 Å². The van der Waals surface area contributed by atoms with Gasteiger partial charge in [-0.25, -0.2) is 8.42 Å². The van der Waals surface area contributed by atoms with Crippen LogP contribution >= 0.6 is 22.9 Å². The Morgan fingerprint density at radius 2 is 1.51 bits per heavy atom. The van der Waals surface area contributed by atoms with Crippen LogP contribution < -0.4 is 11.1 Å². The van der Waals surface area contributed by atoms with Crippen molar-refractivity contribution in [3.8, 4) is 0 Å². The summed E-state index contributed by atoms with van der Waals surface area (Å²) < 4.78 is 27.5. The molecule has 3 N–H and O–H groups in total. The Balaban J connectivity index is 1.92. The molecule has 3 aromatic carbocycles. The first-order valence-electron chi connectivity index (χ1n) is 10.9. The first kappa shape index (κ1) is 25.0. The lowest BCUT2D eigenvalue weighted by atomic mass is 10.0. The lowest BCUT2D eigenvalue weighted by Crippen LogP contribution is -2.09. The van der Waals surface area contributed by atoms with E-state index in [9.17, 15) is 13.2 Å². The van der Waals surface area contributed by atoms with Gasteiger partial charge >= 0.3 is 0 Å². The van der Waals surface area contributed by atoms with Crippen LogP contribution in [0.5, 0.6) is 0 Å². The van der Waals surface area contributed by atoms with Crippen LogP contribution in [0.4, 0.5) is 16.4 Å². The zero-order valence-electron chi connectivity index (χ0n) is 19.8. The van der Waals surface area contributed by atoms with Crippen LogP contribution in [0.2, 0.25) is 5.02 Å². The fourth-order valence-corrected chi connectivity index (χ4v) is 6.91. The average Bonchev–Trinajstić information content (AvgIpc) is 3.12. The van der Waals surface area contributed by atoms with Crippen molar-refractivity contribution < 1.29 is 13.2 Å². The summed E-state index contributed by atoms with van der Waals surface area (Å²) in [5.74, 6) is -0.313. The normalized spacial score (nSPS) is 11.5. The Bertz CT molecular complexity index is 1560. The fourth-order valence-electron chi connectivity index (χ4n) is 3.86. The molecule has 4 rings (SSSR count). The van der Waals surface area contributed by atoms with Gasteiger partial charge in [-0.15, -0.1) is 11.3 Å². The van der Waals surface area contributed by atoms with E-state index in [4.69, 9.17) is 17.3 Å². The van der Waals surface area contributed by atoms with Gasteiger partial charge in [0.05, 0.1) is 10.6 Å². The van der Waals surface area contributed by atoms with Crippen molar-refractivity contribution in [2.45, 2.75) is 37.5 Å². The Labute approximate surface area is 214 Å². The maximum Gasteiger partial charge on any atom is 0.211 e. The molecule has 0 aliphatic heterocycles. The van der Waals surface area contributed by atoms with Gasteiger partial charge in [-0.05, 0) is 74.7 Å². The van der Waals surface area contributed by atoms with Crippen LogP contribution in [0.15, 0.2) is 70.5 Å². The minimum atomic E-state index is -4.06. The molecule has 0 unspecified atom stereocenters. The molecule has 4 aromatic rings. The molecule has 0 spiro atoms. The summed E-state index contributed by atoms with van der Waals surface area (Å²) in [4.78, 5) is 13.6. The molecule has 0 aliphatic rings. The Kier molecular flexibility index (Phi) is 6.77. The summed E-state index contributed by atoms with van der Waals surface area (Å²) in [6, 6.07) is 17.2. The maximum absolute atomic E-state index is 13.7. The Hall–Kier alpha value is -3.13. The molecule has 180 valence electrons. The molecule has 0 saturated carbocycles. The van der Waals surface area contributed by atoms with Crippen LogP contribution in [0.25, 0.3) is 0 Å². The van der Waals surface area contributed by atoms with E-state index >= 15 is 0 Å². The van der Waals surface area contributed by atoms with E-state index in [0.29, 0.717) is 15.6 Å². The first-order chi connectivity index (χ1) is 16.5. The molecule has 1 aromatic heterocycles. The van der Waals surface area contributed by atoms with Crippen LogP contribution in [0.1, 0.15) is 37.5 Å². The number of benzene rings is 3. The largest absolute Gasteiger partial charge is 0.396 e. The van der Waals surface area contributed by atoms with Gasteiger partial charge in [-0.1, -0.05) is 47.5 Å². The quantitative estimate of drug-likeness (QED) is 0.264. The van der Waals surface area contributed by atoms with Gasteiger partial charge in [-0.3, -0.25) is 4.79 Å². The highest BCUT2D eigenvalue weighted by atomic mass is 35.5. The Morgan fingerprint density at radius 1 is 0.886 bits per heavy atom. The zero-order chi connectivity index (χ0) is 25.5. The van der Waals surface area contributed by atoms with Crippen LogP contribution in [0.3, 0.4) is 0 Å². The van der Waals surface area contributed by atoms with Crippen molar-refractivity contribution in [1.29, 1.82) is 0 Å². The number of carbonyl (C=O) groups is 1. The van der Waals surface area contributed by atoms with Gasteiger partial charge in [0.15, 0.2) is 0 Å². The second-order valence-corrected chi connectivity index (χ2v) is 11.9. The lowest BCUT2D eigenvalue weighted by molar-refractivity contribution is 0.104. The molecule has 0 amide bonds. The summed E-state index contributed by atoms with van der Waals surface area (Å²) in [5.41, 5.74) is 11.4. The number of thiophene rings is 1. The molecule has 8 heteroatoms. The van der Waals surface area contributed by atoms with Gasteiger partial charge in [0.25, 0.3) is 0 Å². The second kappa shape index (κ2) is 9.49. The number of carbonyl (C=O) groups excluding carboxylic acids is 1. The van der Waals surface area contributed by atoms with Crippen molar-refractivity contribution in [3.63, 3.8) is 0 Å². The summed E-state index contributed by atoms with van der Waals surface area (Å²) in [5, 5.41) is 3.95. The SMILES string of the molecule is Cc1ccc(C(=O)c2sc(Nc3cc(C)ccc3C)c(S(=O)(=O)c3ccc(Cl)cc3)c2N)c(C)c1. The molecule has 0 atom stereocenters. The van der Waals surface area contributed by atoms with Gasteiger partial charge in [0, 0.05) is 16.3 Å². The third-order valence-corrected chi connectivity index (χ3v) is 9.12. The number of halogens is 1. The number of nitrogens with two attached hydrogens (primary N) is 1. The smallest absolute Gasteiger partial charge is 0.211 e. The molecule has 0 radical (unpaired) electrons. The van der Waals surface area contributed by atoms with E-state index in [-0.39, 0.29) is 26.1 Å². The van der Waals surface area contributed by atoms with Crippen molar-refractivity contribution >= 4 is 54.9 Å². The monoisotopic (exact) mass is 524 g/mol. The van der Waals surface area contributed by atoms with Crippen LogP contribution in [-0.4, -0.2) is 14.2 Å². The highest BCUT2D eigenvalue weighted by Crippen LogP contribution is 2.44. The van der Waals surface area contributed by atoms with Gasteiger partial charge < -0.3 is 11.1 Å². The highest BCUT2D eigenvalue weighted by molar-refractivity contribution is 7.92. The van der Waals surface area contributed by atoms with E-state index < -0.39 is 9.84 Å². The number of rotatable bonds is 6. The molecular formula is C27H25ClN2O3S2. The molecule has 1 heterocycles. The number of ketones is 1. The standard InChI is InChI=1S/C27H25ClN2O3S2/c1-15-6-12-21(18(4)13-15)24(31)25-23(29)26(35(32,33)20-10-8-19(28)9-11-20)27(34-25)30-22-14-16(2)5-7-17(22)3/h5-14,30H,29H2,1-4H3. The summed E-state index contributed by atoms with van der Waals surface area (Å²) >= 11 is 7.02. The predicted molar refractivity (Wildman–Crippen MR) is 144 cm³/mol. The lowest BCUT2D eigenvalue weighted by Gasteiger charge is -2.12. The summed E-state index contributed by atoms with van der Waals surface area (Å²) in [7, 11) is -4.06. The molecule has 5 nitrogen and oxygen atoms in total. The number of aryl methyl sites for hydroxylation is 4. The maximum atomic E-state index is 13.7. The highest BCUT2D eigenvalue weighted by Gasteiger charge is 2.32. The van der Waals surface area contributed by atoms with Gasteiger partial charge in [0.1, 0.15) is 14.8 Å². The van der Waals surface area contributed by atoms with E-state index in [1.54, 1.807) is 6.07 Å². The van der Waals surface area contributed by atoms with Crippen LogP contribution in [0, 0.1) is 27.7 Å². The summed E-state index contributed by atoms with van der Waals surface area (Å²) in [6.45, 7) is 7.68. The first-order valence-corrected chi connectivity index (χ1v) is 13.6. The van der Waals surface area contributed by atoms with Crippen molar-refractivity contribution in [2.24, 2.45) is 0 Å². The molecule has 0 fully saturated rings. The third kappa shape index (κ3) is 4.85. The molecule has 0 aliphatic carbocycles. The van der Waals surface area contributed by atoms with Crippen LogP contribution in [-0.2, 0) is 9.84 Å². The molecule has 35 heavy (non-hydrogen) atoms. The van der Waals surface area contributed by atoms with Gasteiger partial charge in [-0.2, -0.15) is 0 Å². The number of sulfone groups is 1. The zero-order valence-corrected chi connectivity index (χ0v) is 22.2. The Morgan fingerprint density at radius 3 is 2.17 bits per heavy atom. The van der Waals surface area contributed by atoms with E-state index in [1.165, 1.54) is 24.3 Å². The minimum absolute atomic E-state index is 0.0425. The van der Waals surface area contributed by atoms with E-state index in [1.807, 2.05) is 58.0 Å². The van der Waals surface area contributed by atoms with Gasteiger partial charge in [0.2, 0.25) is 15.6 Å². The van der Waals surface area contributed by atoms with Crippen molar-refractivity contribution in [1.82, 2.24) is 0 Å². The number of nitrogen functional groups attached to an aromatic ring is 1. The average molecular weight is 525 g/mol. The minimum Gasteiger partial charge on any atom is -0.396 e. The molecule has 0 bridgehead atoms.